The maximum atomic E-state index is 13.1. The minimum Gasteiger partial charge on any atom is -0.454 e. The number of carbonyl (C=O) groups is 1. The third kappa shape index (κ3) is 4.84. The monoisotopic (exact) mass is 332 g/mol. The average Bonchev–Trinajstić information content (AvgIpc) is 2.35. The van der Waals surface area contributed by atoms with Crippen LogP contribution in [0.15, 0.2) is 24.3 Å². The van der Waals surface area contributed by atoms with Gasteiger partial charge in [0.1, 0.15) is 11.4 Å². The Kier molecular flexibility index (Phi) is 5.64. The van der Waals surface area contributed by atoms with E-state index in [9.17, 15) is 9.18 Å². The summed E-state index contributed by atoms with van der Waals surface area (Å²) in [6, 6.07) is 6.03. The van der Waals surface area contributed by atoms with Crippen LogP contribution in [0.2, 0.25) is 5.31 Å². The second-order valence-corrected chi connectivity index (χ2v) is 9.15. The maximum Gasteiger partial charge on any atom is 0.313 e. The van der Waals surface area contributed by atoms with Crippen molar-refractivity contribution in [1.82, 2.24) is 0 Å². The molecule has 1 unspecified atom stereocenters. The van der Waals surface area contributed by atoms with Gasteiger partial charge in [0.25, 0.3) is 0 Å². The highest BCUT2D eigenvalue weighted by Crippen LogP contribution is 2.49. The lowest BCUT2D eigenvalue weighted by molar-refractivity contribution is -0.177. The van der Waals surface area contributed by atoms with Crippen molar-refractivity contribution in [3.8, 4) is 0 Å². The van der Waals surface area contributed by atoms with E-state index >= 15 is 0 Å². The second kappa shape index (κ2) is 6.53. The molecule has 1 aromatic rings. The minimum atomic E-state index is -0.851. The van der Waals surface area contributed by atoms with Gasteiger partial charge in [-0.05, 0) is 50.3 Å². The zero-order valence-corrected chi connectivity index (χ0v) is 16.3. The Hall–Kier alpha value is -1.32. The number of hydrogen-bond acceptors (Lipinski definition) is 2. The quantitative estimate of drug-likeness (QED) is 0.532. The van der Waals surface area contributed by atoms with E-state index in [2.05, 4.69) is 0 Å². The van der Waals surface area contributed by atoms with Crippen LogP contribution < -0.4 is 0 Å². The molecule has 0 spiro atoms. The predicted octanol–water partition coefficient (Wildman–Crippen LogP) is 5.41. The van der Waals surface area contributed by atoms with Crippen molar-refractivity contribution in [2.75, 3.05) is 0 Å². The van der Waals surface area contributed by atoms with Gasteiger partial charge in [-0.2, -0.15) is 0 Å². The zero-order valence-electron chi connectivity index (χ0n) is 16.3. The third-order valence-corrected chi connectivity index (χ3v) is 4.80. The number of carbonyl (C=O) groups excluding carboxylic acids is 1. The van der Waals surface area contributed by atoms with Gasteiger partial charge in [-0.1, -0.05) is 52.1 Å². The first-order valence-corrected chi connectivity index (χ1v) is 8.37. The molecule has 2 nitrogen and oxygen atoms in total. The normalized spacial score (nSPS) is 15.7. The molecule has 0 saturated heterocycles. The lowest BCUT2D eigenvalue weighted by Gasteiger charge is -2.45. The van der Waals surface area contributed by atoms with Crippen LogP contribution in [0.5, 0.6) is 0 Å². The zero-order chi connectivity index (χ0) is 19.0. The molecule has 2 radical (unpaired) electrons. The lowest BCUT2D eigenvalue weighted by Crippen LogP contribution is -2.46. The van der Waals surface area contributed by atoms with Crippen molar-refractivity contribution in [2.45, 2.75) is 72.7 Å². The Morgan fingerprint density at radius 3 is 1.83 bits per heavy atom. The van der Waals surface area contributed by atoms with Gasteiger partial charge < -0.3 is 4.74 Å². The van der Waals surface area contributed by atoms with E-state index in [0.29, 0.717) is 6.42 Å². The molecule has 1 aromatic carbocycles. The van der Waals surface area contributed by atoms with Gasteiger partial charge in [0.15, 0.2) is 0 Å². The molecule has 4 heteroatoms. The van der Waals surface area contributed by atoms with Crippen LogP contribution in [0.25, 0.3) is 0 Å². The van der Waals surface area contributed by atoms with Crippen molar-refractivity contribution in [3.63, 3.8) is 0 Å². The van der Waals surface area contributed by atoms with Crippen molar-refractivity contribution in [2.24, 2.45) is 10.8 Å². The van der Waals surface area contributed by atoms with E-state index in [-0.39, 0.29) is 17.2 Å². The first-order valence-electron chi connectivity index (χ1n) is 8.37. The van der Waals surface area contributed by atoms with E-state index in [1.807, 2.05) is 55.4 Å². The highest BCUT2D eigenvalue weighted by molar-refractivity contribution is 6.14. The van der Waals surface area contributed by atoms with Crippen molar-refractivity contribution in [3.05, 3.63) is 35.6 Å². The highest BCUT2D eigenvalue weighted by Gasteiger charge is 2.49. The molecule has 0 aliphatic heterocycles. The number of halogens is 1. The fraction of sp³-hybridized carbons (Fsp3) is 0.650. The number of hydrogen-bond donors (Lipinski definition) is 0. The average molecular weight is 332 g/mol. The van der Waals surface area contributed by atoms with Crippen LogP contribution in [0.1, 0.15) is 67.4 Å². The molecule has 0 aliphatic rings. The van der Waals surface area contributed by atoms with Crippen LogP contribution in [0.3, 0.4) is 0 Å². The molecule has 1 rings (SSSR count). The van der Waals surface area contributed by atoms with E-state index in [0.717, 1.165) is 5.56 Å². The summed E-state index contributed by atoms with van der Waals surface area (Å²) < 4.78 is 19.0. The molecular formula is C20H30BFO2. The summed E-state index contributed by atoms with van der Waals surface area (Å²) in [6.07, 6.45) is 0.502. The standard InChI is InChI=1S/C20H30BFO2/c1-17(2,3)20(8,13-18(4,5)21)16(23)24-19(6,7)14-9-11-15(22)12-10-14/h9-12H,13H2,1-8H3. The molecule has 24 heavy (non-hydrogen) atoms. The van der Waals surface area contributed by atoms with Gasteiger partial charge in [0.05, 0.1) is 13.3 Å². The molecule has 0 saturated carbocycles. The van der Waals surface area contributed by atoms with E-state index in [4.69, 9.17) is 12.6 Å². The SMILES string of the molecule is [B]C(C)(C)CC(C)(C(=O)OC(C)(C)c1ccc(F)cc1)C(C)(C)C. The molecule has 0 aromatic heterocycles. The molecule has 0 N–H and O–H groups in total. The van der Waals surface area contributed by atoms with Gasteiger partial charge in [-0.15, -0.1) is 0 Å². The molecule has 0 fully saturated rings. The first-order chi connectivity index (χ1) is 10.6. The molecular weight excluding hydrogens is 302 g/mol. The largest absolute Gasteiger partial charge is 0.454 e. The molecule has 0 bridgehead atoms. The van der Waals surface area contributed by atoms with Crippen LogP contribution in [0.4, 0.5) is 4.39 Å². The summed E-state index contributed by atoms with van der Waals surface area (Å²) in [6.45, 7) is 15.4. The molecule has 132 valence electrons. The minimum absolute atomic E-state index is 0.289. The van der Waals surface area contributed by atoms with Gasteiger partial charge in [-0.25, -0.2) is 4.39 Å². The molecule has 0 aliphatic carbocycles. The summed E-state index contributed by atoms with van der Waals surface area (Å²) in [5.41, 5.74) is -1.17. The molecule has 0 heterocycles. The van der Waals surface area contributed by atoms with Crippen LogP contribution in [0, 0.1) is 16.6 Å². The lowest BCUT2D eigenvalue weighted by atomic mass is 9.56. The number of benzene rings is 1. The van der Waals surface area contributed by atoms with Crippen molar-refractivity contribution in [1.29, 1.82) is 0 Å². The Morgan fingerprint density at radius 1 is 1.00 bits per heavy atom. The number of rotatable bonds is 5. The third-order valence-electron chi connectivity index (χ3n) is 4.80. The predicted molar refractivity (Wildman–Crippen MR) is 97.5 cm³/mol. The van der Waals surface area contributed by atoms with Crippen LogP contribution >= 0.6 is 0 Å². The number of ether oxygens (including phenoxy) is 1. The van der Waals surface area contributed by atoms with Gasteiger partial charge in [0.2, 0.25) is 0 Å². The van der Waals surface area contributed by atoms with Gasteiger partial charge in [-0.3, -0.25) is 4.79 Å². The Labute approximate surface area is 147 Å². The summed E-state index contributed by atoms with van der Waals surface area (Å²) in [4.78, 5) is 13.1. The fourth-order valence-corrected chi connectivity index (χ4v) is 2.81. The Balaban J connectivity index is 3.14. The molecule has 1 atom stereocenters. The van der Waals surface area contributed by atoms with Crippen molar-refractivity contribution >= 4 is 13.8 Å². The topological polar surface area (TPSA) is 26.3 Å². The van der Waals surface area contributed by atoms with Gasteiger partial charge in [0, 0.05) is 0 Å². The Morgan fingerprint density at radius 2 is 1.46 bits per heavy atom. The first kappa shape index (κ1) is 20.7. The molecule has 0 amide bonds. The van der Waals surface area contributed by atoms with Crippen molar-refractivity contribution < 1.29 is 13.9 Å². The maximum absolute atomic E-state index is 13.1. The highest BCUT2D eigenvalue weighted by atomic mass is 19.1. The number of esters is 1. The summed E-state index contributed by atoms with van der Waals surface area (Å²) in [5, 5.41) is -0.499. The van der Waals surface area contributed by atoms with Gasteiger partial charge >= 0.3 is 5.97 Å². The summed E-state index contributed by atoms with van der Waals surface area (Å²) in [7, 11) is 6.20. The second-order valence-electron chi connectivity index (χ2n) is 9.15. The fourth-order valence-electron chi connectivity index (χ4n) is 2.81. The van der Waals surface area contributed by atoms with E-state index in [1.165, 1.54) is 12.1 Å². The Bertz CT molecular complexity index is 579. The van der Waals surface area contributed by atoms with E-state index in [1.54, 1.807) is 12.1 Å². The summed E-state index contributed by atoms with van der Waals surface area (Å²) >= 11 is 0. The van der Waals surface area contributed by atoms with E-state index < -0.39 is 16.3 Å². The summed E-state index contributed by atoms with van der Waals surface area (Å²) in [5.74, 6) is -0.604. The van der Waals surface area contributed by atoms with Crippen LogP contribution in [-0.2, 0) is 15.1 Å². The smallest absolute Gasteiger partial charge is 0.313 e. The van der Waals surface area contributed by atoms with Crippen LogP contribution in [-0.4, -0.2) is 13.8 Å².